The van der Waals surface area contributed by atoms with Crippen molar-refractivity contribution in [2.45, 2.75) is 32.0 Å². The molecule has 0 N–H and O–H groups in total. The zero-order valence-electron chi connectivity index (χ0n) is 12.8. The van der Waals surface area contributed by atoms with Gasteiger partial charge in [-0.05, 0) is 30.9 Å². The van der Waals surface area contributed by atoms with E-state index in [0.717, 1.165) is 25.8 Å². The minimum Gasteiger partial charge on any atom is -0.462 e. The number of alkyl halides is 3. The van der Waals surface area contributed by atoms with Gasteiger partial charge in [0.2, 0.25) is 0 Å². The molecule has 0 radical (unpaired) electrons. The number of hydrogen-bond donors (Lipinski definition) is 0. The molecular formula is C15H17F3N2O3. The minimum atomic E-state index is -4.46. The maximum atomic E-state index is 12.6. The van der Waals surface area contributed by atoms with E-state index in [9.17, 15) is 22.8 Å². The number of likely N-dealkylation sites (tertiary alicyclic amines) is 1. The molecule has 1 aromatic rings. The first kappa shape index (κ1) is 17.2. The van der Waals surface area contributed by atoms with Gasteiger partial charge in [-0.1, -0.05) is 6.92 Å². The Balaban J connectivity index is 2.27. The molecule has 2 atom stereocenters. The molecule has 2 heterocycles. The number of amides is 1. The molecule has 0 aliphatic carbocycles. The van der Waals surface area contributed by atoms with Gasteiger partial charge in [0.15, 0.2) is 0 Å². The zero-order valence-corrected chi connectivity index (χ0v) is 12.8. The lowest BCUT2D eigenvalue weighted by molar-refractivity contribution is -0.160. The van der Waals surface area contributed by atoms with Gasteiger partial charge in [0.1, 0.15) is 0 Å². The van der Waals surface area contributed by atoms with Crippen LogP contribution >= 0.6 is 0 Å². The Morgan fingerprint density at radius 3 is 2.52 bits per heavy atom. The van der Waals surface area contributed by atoms with E-state index < -0.39 is 29.7 Å². The van der Waals surface area contributed by atoms with E-state index in [4.69, 9.17) is 0 Å². The lowest BCUT2D eigenvalue weighted by Crippen LogP contribution is -2.45. The second-order valence-electron chi connectivity index (χ2n) is 5.62. The van der Waals surface area contributed by atoms with Gasteiger partial charge in [0.25, 0.3) is 0 Å². The van der Waals surface area contributed by atoms with E-state index in [0.29, 0.717) is 18.7 Å². The maximum Gasteiger partial charge on any atom is 0.417 e. The van der Waals surface area contributed by atoms with Crippen LogP contribution in [0.4, 0.5) is 13.2 Å². The molecule has 1 fully saturated rings. The summed E-state index contributed by atoms with van der Waals surface area (Å²) in [5.74, 6) is -1.60. The lowest BCUT2D eigenvalue weighted by Gasteiger charge is -2.37. The van der Waals surface area contributed by atoms with Crippen LogP contribution in [0.1, 0.15) is 37.1 Å². The topological polar surface area (TPSA) is 59.5 Å². The fourth-order valence-electron chi connectivity index (χ4n) is 2.66. The van der Waals surface area contributed by atoms with Gasteiger partial charge < -0.3 is 9.64 Å². The molecular weight excluding hydrogens is 313 g/mol. The summed E-state index contributed by atoms with van der Waals surface area (Å²) in [6, 6.07) is 1.66. The quantitative estimate of drug-likeness (QED) is 0.586. The maximum absolute atomic E-state index is 12.6. The highest BCUT2D eigenvalue weighted by molar-refractivity contribution is 6.32. The van der Waals surface area contributed by atoms with Gasteiger partial charge in [-0.2, -0.15) is 13.2 Å². The third-order valence-corrected chi connectivity index (χ3v) is 3.89. The summed E-state index contributed by atoms with van der Waals surface area (Å²) in [5, 5.41) is 0. The van der Waals surface area contributed by atoms with Crippen LogP contribution < -0.4 is 0 Å². The number of hydrogen-bond acceptors (Lipinski definition) is 4. The van der Waals surface area contributed by atoms with Crippen LogP contribution in [0.15, 0.2) is 18.3 Å². The third-order valence-electron chi connectivity index (χ3n) is 3.89. The number of aromatic nitrogens is 1. The number of nitrogens with zero attached hydrogens (tertiary/aromatic N) is 2. The number of ether oxygens (including phenoxy) is 1. The number of halogens is 3. The average Bonchev–Trinajstić information content (AvgIpc) is 2.52. The number of esters is 1. The van der Waals surface area contributed by atoms with Crippen LogP contribution in [0.25, 0.3) is 0 Å². The molecule has 0 spiro atoms. The Labute approximate surface area is 131 Å². The summed E-state index contributed by atoms with van der Waals surface area (Å²) < 4.78 is 42.3. The lowest BCUT2D eigenvalue weighted by atomic mass is 9.92. The summed E-state index contributed by atoms with van der Waals surface area (Å²) in [6.07, 6.45) is -2.40. The molecule has 1 aliphatic rings. The first-order chi connectivity index (χ1) is 10.7. The van der Waals surface area contributed by atoms with Gasteiger partial charge in [-0.25, -0.2) is 4.79 Å². The zero-order chi connectivity index (χ0) is 17.2. The predicted molar refractivity (Wildman–Crippen MR) is 74.1 cm³/mol. The summed E-state index contributed by atoms with van der Waals surface area (Å²) in [7, 11) is 1.11. The van der Waals surface area contributed by atoms with E-state index >= 15 is 0 Å². The summed E-state index contributed by atoms with van der Waals surface area (Å²) in [4.78, 5) is 28.8. The molecule has 2 unspecified atom stereocenters. The van der Waals surface area contributed by atoms with Crippen molar-refractivity contribution in [3.05, 3.63) is 29.6 Å². The molecule has 23 heavy (non-hydrogen) atoms. The number of piperidine rings is 1. The van der Waals surface area contributed by atoms with Crippen LogP contribution in [0.3, 0.4) is 0 Å². The number of methoxy groups -OCH3 is 1. The number of carbonyl (C=O) groups is 2. The van der Waals surface area contributed by atoms with E-state index in [-0.39, 0.29) is 5.92 Å². The van der Waals surface area contributed by atoms with Crippen molar-refractivity contribution in [2.24, 2.45) is 5.92 Å². The van der Waals surface area contributed by atoms with Gasteiger partial charge in [0, 0.05) is 12.7 Å². The second kappa shape index (κ2) is 6.55. The molecule has 2 rings (SSSR count). The van der Waals surface area contributed by atoms with Crippen molar-refractivity contribution < 1.29 is 27.5 Å². The van der Waals surface area contributed by atoms with Crippen molar-refractivity contribution in [1.82, 2.24) is 9.88 Å². The van der Waals surface area contributed by atoms with E-state index in [1.807, 2.05) is 6.92 Å². The van der Waals surface area contributed by atoms with Crippen LogP contribution in [0.2, 0.25) is 0 Å². The van der Waals surface area contributed by atoms with Crippen molar-refractivity contribution >= 4 is 11.9 Å². The first-order valence-corrected chi connectivity index (χ1v) is 7.16. The van der Waals surface area contributed by atoms with Crippen molar-refractivity contribution in [2.75, 3.05) is 13.7 Å². The van der Waals surface area contributed by atoms with Crippen molar-refractivity contribution in [3.8, 4) is 0 Å². The Hall–Kier alpha value is -2.12. The van der Waals surface area contributed by atoms with Crippen LogP contribution in [-0.2, 0) is 20.5 Å². The first-order valence-electron chi connectivity index (χ1n) is 7.16. The number of pyridine rings is 1. The second-order valence-corrected chi connectivity index (χ2v) is 5.62. The molecule has 0 bridgehead atoms. The van der Waals surface area contributed by atoms with Gasteiger partial charge in [-0.3, -0.25) is 9.78 Å². The molecule has 1 amide bonds. The number of carbonyl (C=O) groups excluding carboxylic acids is 2. The number of rotatable bonds is 1. The van der Waals surface area contributed by atoms with Crippen LogP contribution in [0, 0.1) is 5.92 Å². The Kier molecular flexibility index (Phi) is 4.91. The molecule has 0 aromatic carbocycles. The molecule has 1 saturated heterocycles. The molecule has 5 nitrogen and oxygen atoms in total. The van der Waals surface area contributed by atoms with E-state index in [2.05, 4.69) is 9.72 Å². The molecule has 1 aromatic heterocycles. The Morgan fingerprint density at radius 2 is 2.00 bits per heavy atom. The fourth-order valence-corrected chi connectivity index (χ4v) is 2.66. The van der Waals surface area contributed by atoms with E-state index in [1.54, 1.807) is 0 Å². The highest BCUT2D eigenvalue weighted by atomic mass is 19.4. The molecule has 1 aliphatic heterocycles. The minimum absolute atomic E-state index is 0.189. The standard InChI is InChI=1S/C15H17F3N2O3/c1-9-3-6-12(20(8-9)13(21)14(22)23-2)11-5-4-10(7-19-11)15(16,17)18/h4-5,7,9,12H,3,6,8H2,1-2H3. The summed E-state index contributed by atoms with van der Waals surface area (Å²) in [6.45, 7) is 2.27. The van der Waals surface area contributed by atoms with Gasteiger partial charge in [0.05, 0.1) is 24.4 Å². The van der Waals surface area contributed by atoms with Crippen molar-refractivity contribution in [1.29, 1.82) is 0 Å². The van der Waals surface area contributed by atoms with Gasteiger partial charge >= 0.3 is 18.1 Å². The highest BCUT2D eigenvalue weighted by Crippen LogP contribution is 2.34. The molecule has 8 heteroatoms. The normalized spacial score (nSPS) is 21.9. The fraction of sp³-hybridized carbons (Fsp3) is 0.533. The van der Waals surface area contributed by atoms with Gasteiger partial charge in [-0.15, -0.1) is 0 Å². The molecule has 0 saturated carbocycles. The predicted octanol–water partition coefficient (Wildman–Crippen LogP) is 2.57. The summed E-state index contributed by atoms with van der Waals surface area (Å²) >= 11 is 0. The third kappa shape index (κ3) is 3.80. The molecule has 126 valence electrons. The average molecular weight is 330 g/mol. The van der Waals surface area contributed by atoms with Crippen LogP contribution in [-0.4, -0.2) is 35.4 Å². The monoisotopic (exact) mass is 330 g/mol. The largest absolute Gasteiger partial charge is 0.462 e. The Morgan fingerprint density at radius 1 is 1.30 bits per heavy atom. The Bertz CT molecular complexity index is 587. The SMILES string of the molecule is COC(=O)C(=O)N1CC(C)CCC1c1ccc(C(F)(F)F)cn1. The highest BCUT2D eigenvalue weighted by Gasteiger charge is 2.36. The summed E-state index contributed by atoms with van der Waals surface area (Å²) in [5.41, 5.74) is -0.515. The van der Waals surface area contributed by atoms with Crippen LogP contribution in [0.5, 0.6) is 0 Å². The van der Waals surface area contributed by atoms with Crippen molar-refractivity contribution in [3.63, 3.8) is 0 Å². The van der Waals surface area contributed by atoms with E-state index in [1.165, 1.54) is 11.0 Å². The smallest absolute Gasteiger partial charge is 0.417 e.